The highest BCUT2D eigenvalue weighted by atomic mass is 16.3. The first kappa shape index (κ1) is 20.6. The van der Waals surface area contributed by atoms with E-state index in [9.17, 15) is 19.8 Å². The molecule has 3 rings (SSSR count). The Morgan fingerprint density at radius 3 is 2.34 bits per heavy atom. The number of phenolic OH excluding ortho intramolecular Hbond substituents is 1. The molecule has 29 heavy (non-hydrogen) atoms. The van der Waals surface area contributed by atoms with Crippen LogP contribution in [0.25, 0.3) is 5.76 Å². The summed E-state index contributed by atoms with van der Waals surface area (Å²) in [5.74, 6) is -1.87. The lowest BCUT2D eigenvalue weighted by Gasteiger charge is -2.26. The second-order valence-electron chi connectivity index (χ2n) is 7.58. The van der Waals surface area contributed by atoms with Crippen molar-refractivity contribution in [3.05, 3.63) is 70.8 Å². The molecule has 152 valence electrons. The molecule has 1 aliphatic heterocycles. The van der Waals surface area contributed by atoms with Gasteiger partial charge in [-0.2, -0.15) is 0 Å². The summed E-state index contributed by atoms with van der Waals surface area (Å²) in [7, 11) is 3.90. The van der Waals surface area contributed by atoms with Crippen LogP contribution in [0.3, 0.4) is 0 Å². The van der Waals surface area contributed by atoms with Crippen LogP contribution in [0.1, 0.15) is 29.2 Å². The summed E-state index contributed by atoms with van der Waals surface area (Å²) in [5.41, 5.74) is 1.94. The van der Waals surface area contributed by atoms with E-state index in [2.05, 4.69) is 0 Å². The van der Waals surface area contributed by atoms with E-state index in [-0.39, 0.29) is 22.6 Å². The van der Waals surface area contributed by atoms with Gasteiger partial charge in [0.15, 0.2) is 0 Å². The number of para-hydroxylation sites is 1. The van der Waals surface area contributed by atoms with Crippen molar-refractivity contribution >= 4 is 17.4 Å². The number of aliphatic hydroxyl groups is 1. The summed E-state index contributed by atoms with van der Waals surface area (Å²) in [4.78, 5) is 29.2. The zero-order valence-electron chi connectivity index (χ0n) is 16.9. The first-order chi connectivity index (χ1) is 13.8. The number of likely N-dealkylation sites (tertiary alicyclic amines) is 1. The number of Topliss-reactive ketones (excluding diaryl/α,β-unsaturated/α-hetero) is 1. The van der Waals surface area contributed by atoms with Crippen LogP contribution >= 0.6 is 0 Å². The second-order valence-corrected chi connectivity index (χ2v) is 7.58. The number of ketones is 1. The molecule has 1 heterocycles. The van der Waals surface area contributed by atoms with Crippen LogP contribution in [0.15, 0.2) is 54.1 Å². The Morgan fingerprint density at radius 1 is 1.07 bits per heavy atom. The molecule has 1 saturated heterocycles. The van der Waals surface area contributed by atoms with Gasteiger partial charge in [0.25, 0.3) is 11.7 Å². The number of benzene rings is 2. The molecule has 0 aromatic heterocycles. The lowest BCUT2D eigenvalue weighted by molar-refractivity contribution is -0.139. The number of nitrogens with zero attached hydrogens (tertiary/aromatic N) is 2. The zero-order chi connectivity index (χ0) is 21.1. The molecule has 1 amide bonds. The fourth-order valence-electron chi connectivity index (χ4n) is 3.58. The van der Waals surface area contributed by atoms with Crippen molar-refractivity contribution in [3.8, 4) is 5.75 Å². The van der Waals surface area contributed by atoms with Crippen molar-refractivity contribution in [1.82, 2.24) is 9.80 Å². The van der Waals surface area contributed by atoms with Crippen LogP contribution in [-0.2, 0) is 9.59 Å². The molecule has 1 unspecified atom stereocenters. The molecule has 2 aromatic rings. The van der Waals surface area contributed by atoms with Crippen LogP contribution in [-0.4, -0.2) is 58.9 Å². The Kier molecular flexibility index (Phi) is 6.03. The van der Waals surface area contributed by atoms with Crippen LogP contribution < -0.4 is 0 Å². The van der Waals surface area contributed by atoms with E-state index >= 15 is 0 Å². The molecule has 0 spiro atoms. The number of carbonyl (C=O) groups excluding carboxylic acids is 2. The first-order valence-corrected chi connectivity index (χ1v) is 9.59. The number of aryl methyl sites for hydroxylation is 1. The van der Waals surface area contributed by atoms with Gasteiger partial charge >= 0.3 is 0 Å². The van der Waals surface area contributed by atoms with E-state index in [1.54, 1.807) is 12.1 Å². The molecule has 1 atom stereocenters. The van der Waals surface area contributed by atoms with Crippen molar-refractivity contribution < 1.29 is 19.8 Å². The van der Waals surface area contributed by atoms with Gasteiger partial charge in [-0.25, -0.2) is 0 Å². The van der Waals surface area contributed by atoms with E-state index in [1.165, 1.54) is 17.0 Å². The number of aliphatic hydroxyl groups excluding tert-OH is 1. The van der Waals surface area contributed by atoms with E-state index < -0.39 is 17.7 Å². The molecule has 0 radical (unpaired) electrons. The van der Waals surface area contributed by atoms with E-state index in [1.807, 2.05) is 50.2 Å². The van der Waals surface area contributed by atoms with Gasteiger partial charge in [0.05, 0.1) is 17.2 Å². The molecule has 1 aliphatic rings. The maximum absolute atomic E-state index is 12.9. The van der Waals surface area contributed by atoms with Gasteiger partial charge in [-0.05, 0) is 51.7 Å². The van der Waals surface area contributed by atoms with Crippen molar-refractivity contribution in [2.45, 2.75) is 19.4 Å². The van der Waals surface area contributed by atoms with Crippen LogP contribution in [0.5, 0.6) is 5.75 Å². The number of hydrogen-bond acceptors (Lipinski definition) is 5. The summed E-state index contributed by atoms with van der Waals surface area (Å²) >= 11 is 0. The summed E-state index contributed by atoms with van der Waals surface area (Å²) < 4.78 is 0. The average molecular weight is 394 g/mol. The van der Waals surface area contributed by atoms with Crippen molar-refractivity contribution in [1.29, 1.82) is 0 Å². The summed E-state index contributed by atoms with van der Waals surface area (Å²) in [6, 6.07) is 13.1. The lowest BCUT2D eigenvalue weighted by atomic mass is 9.94. The molecular weight excluding hydrogens is 368 g/mol. The third kappa shape index (κ3) is 4.17. The molecule has 6 heteroatoms. The topological polar surface area (TPSA) is 81.1 Å². The Labute approximate surface area is 170 Å². The monoisotopic (exact) mass is 394 g/mol. The number of amides is 1. The van der Waals surface area contributed by atoms with E-state index in [4.69, 9.17) is 0 Å². The maximum atomic E-state index is 12.9. The number of hydrogen-bond donors (Lipinski definition) is 2. The second kappa shape index (κ2) is 8.49. The average Bonchev–Trinajstić information content (AvgIpc) is 2.93. The molecule has 0 bridgehead atoms. The third-order valence-electron chi connectivity index (χ3n) is 5.10. The predicted molar refractivity (Wildman–Crippen MR) is 111 cm³/mol. The van der Waals surface area contributed by atoms with Gasteiger partial charge in [-0.15, -0.1) is 0 Å². The van der Waals surface area contributed by atoms with Gasteiger partial charge in [-0.1, -0.05) is 42.0 Å². The minimum absolute atomic E-state index is 0.00482. The summed E-state index contributed by atoms with van der Waals surface area (Å²) in [6.45, 7) is 3.11. The molecule has 0 saturated carbocycles. The SMILES string of the molecule is Cc1ccc(C2/C(=C(/O)c3ccccc3O)C(=O)C(=O)N2CCCN(C)C)cc1. The number of carbonyl (C=O) groups is 2. The lowest BCUT2D eigenvalue weighted by Crippen LogP contribution is -2.32. The predicted octanol–water partition coefficient (Wildman–Crippen LogP) is 3.07. The minimum atomic E-state index is -0.735. The van der Waals surface area contributed by atoms with Crippen LogP contribution in [0.2, 0.25) is 0 Å². The van der Waals surface area contributed by atoms with E-state index in [0.29, 0.717) is 13.0 Å². The maximum Gasteiger partial charge on any atom is 0.295 e. The fourth-order valence-corrected chi connectivity index (χ4v) is 3.58. The largest absolute Gasteiger partial charge is 0.507 e. The first-order valence-electron chi connectivity index (χ1n) is 9.59. The Balaban J connectivity index is 2.11. The summed E-state index contributed by atoms with van der Waals surface area (Å²) in [5, 5.41) is 21.1. The Hall–Kier alpha value is -3.12. The van der Waals surface area contributed by atoms with Crippen molar-refractivity contribution in [2.75, 3.05) is 27.2 Å². The molecule has 6 nitrogen and oxygen atoms in total. The standard InChI is InChI=1S/C23H26N2O4/c1-15-9-11-16(12-10-15)20-19(21(27)17-7-4-5-8-18(17)26)22(28)23(29)25(20)14-6-13-24(2)3/h4-5,7-12,20,26-27H,6,13-14H2,1-3H3/b21-19-. The van der Waals surface area contributed by atoms with Crippen LogP contribution in [0, 0.1) is 6.92 Å². The normalized spacial score (nSPS) is 18.6. The molecule has 2 N–H and O–H groups in total. The number of rotatable bonds is 6. The molecular formula is C23H26N2O4. The van der Waals surface area contributed by atoms with Crippen LogP contribution in [0.4, 0.5) is 0 Å². The molecule has 0 aliphatic carbocycles. The number of aromatic hydroxyl groups is 1. The quantitative estimate of drug-likeness (QED) is 0.447. The zero-order valence-corrected chi connectivity index (χ0v) is 16.9. The third-order valence-corrected chi connectivity index (χ3v) is 5.10. The molecule has 2 aromatic carbocycles. The van der Waals surface area contributed by atoms with Crippen molar-refractivity contribution in [2.24, 2.45) is 0 Å². The van der Waals surface area contributed by atoms with Gasteiger partial charge in [0.1, 0.15) is 11.5 Å². The highest BCUT2D eigenvalue weighted by molar-refractivity contribution is 6.46. The molecule has 1 fully saturated rings. The minimum Gasteiger partial charge on any atom is -0.507 e. The van der Waals surface area contributed by atoms with Crippen molar-refractivity contribution in [3.63, 3.8) is 0 Å². The highest BCUT2D eigenvalue weighted by Crippen LogP contribution is 2.40. The summed E-state index contributed by atoms with van der Waals surface area (Å²) in [6.07, 6.45) is 0.693. The van der Waals surface area contributed by atoms with Gasteiger partial charge in [-0.3, -0.25) is 9.59 Å². The Bertz CT molecular complexity index is 948. The van der Waals surface area contributed by atoms with Gasteiger partial charge < -0.3 is 20.0 Å². The Morgan fingerprint density at radius 2 is 1.72 bits per heavy atom. The van der Waals surface area contributed by atoms with E-state index in [0.717, 1.165) is 17.7 Å². The van der Waals surface area contributed by atoms with Gasteiger partial charge in [0, 0.05) is 6.54 Å². The number of phenols is 1. The smallest absolute Gasteiger partial charge is 0.295 e. The van der Waals surface area contributed by atoms with Gasteiger partial charge in [0.2, 0.25) is 0 Å². The highest BCUT2D eigenvalue weighted by Gasteiger charge is 2.45. The fraction of sp³-hybridized carbons (Fsp3) is 0.304.